The highest BCUT2D eigenvalue weighted by atomic mass is 16.5. The highest BCUT2D eigenvalue weighted by Crippen LogP contribution is 2.34. The number of para-hydroxylation sites is 1. The van der Waals surface area contributed by atoms with Gasteiger partial charge in [-0.1, -0.05) is 18.2 Å². The summed E-state index contributed by atoms with van der Waals surface area (Å²) >= 11 is 0. The van der Waals surface area contributed by atoms with Crippen molar-refractivity contribution in [2.75, 3.05) is 36.9 Å². The maximum Gasteiger partial charge on any atom is 0.169 e. The Kier molecular flexibility index (Phi) is 4.82. The summed E-state index contributed by atoms with van der Waals surface area (Å²) in [4.78, 5) is 19.9. The molecular formula is C22H20N6O2. The van der Waals surface area contributed by atoms with E-state index in [0.717, 1.165) is 37.7 Å². The smallest absolute Gasteiger partial charge is 0.169 e. The van der Waals surface area contributed by atoms with E-state index in [1.165, 1.54) is 6.33 Å². The normalized spacial score (nSPS) is 14.1. The summed E-state index contributed by atoms with van der Waals surface area (Å²) in [6.45, 7) is 3.12. The van der Waals surface area contributed by atoms with Crippen LogP contribution in [-0.2, 0) is 4.74 Å². The van der Waals surface area contributed by atoms with E-state index in [-0.39, 0.29) is 0 Å². The van der Waals surface area contributed by atoms with Gasteiger partial charge in [0.15, 0.2) is 5.65 Å². The number of nitrogens with zero attached hydrogens (tertiary/aromatic N) is 5. The highest BCUT2D eigenvalue weighted by molar-refractivity contribution is 5.93. The van der Waals surface area contributed by atoms with E-state index in [1.807, 2.05) is 54.7 Å². The Labute approximate surface area is 173 Å². The third-order valence-electron chi connectivity index (χ3n) is 4.95. The van der Waals surface area contributed by atoms with Gasteiger partial charge in [0, 0.05) is 30.9 Å². The van der Waals surface area contributed by atoms with Crippen LogP contribution >= 0.6 is 0 Å². The van der Waals surface area contributed by atoms with E-state index in [9.17, 15) is 0 Å². The monoisotopic (exact) mass is 400 g/mol. The number of aromatic nitrogens is 4. The maximum atomic E-state index is 6.11. The number of nitrogens with two attached hydrogens (primary N) is 1. The van der Waals surface area contributed by atoms with E-state index in [4.69, 9.17) is 15.2 Å². The van der Waals surface area contributed by atoms with Crippen LogP contribution in [0, 0.1) is 0 Å². The summed E-state index contributed by atoms with van der Waals surface area (Å²) in [6.07, 6.45) is 3.22. The average Bonchev–Trinajstić information content (AvgIpc) is 2.80. The fourth-order valence-corrected chi connectivity index (χ4v) is 3.41. The molecule has 0 amide bonds. The molecule has 0 aliphatic carbocycles. The molecule has 150 valence electrons. The highest BCUT2D eigenvalue weighted by Gasteiger charge is 2.16. The largest absolute Gasteiger partial charge is 0.456 e. The van der Waals surface area contributed by atoms with Crippen LogP contribution in [0.3, 0.4) is 0 Å². The second-order valence-corrected chi connectivity index (χ2v) is 6.88. The van der Waals surface area contributed by atoms with Crippen LogP contribution < -0.4 is 15.4 Å². The van der Waals surface area contributed by atoms with Crippen molar-refractivity contribution in [3.8, 4) is 22.8 Å². The molecule has 0 bridgehead atoms. The third kappa shape index (κ3) is 3.60. The molecule has 1 saturated heterocycles. The second-order valence-electron chi connectivity index (χ2n) is 6.88. The summed E-state index contributed by atoms with van der Waals surface area (Å²) < 4.78 is 11.5. The SMILES string of the molecule is Nc1ncnc2nc(-c3ccc(N4CCOCC4)nc3)cc(Oc3ccccc3)c12. The molecule has 8 heteroatoms. The summed E-state index contributed by atoms with van der Waals surface area (Å²) in [7, 11) is 0. The lowest BCUT2D eigenvalue weighted by Crippen LogP contribution is -2.36. The zero-order valence-corrected chi connectivity index (χ0v) is 16.2. The Balaban J connectivity index is 1.54. The van der Waals surface area contributed by atoms with Gasteiger partial charge in [0.2, 0.25) is 0 Å². The molecule has 1 aliphatic heterocycles. The maximum absolute atomic E-state index is 6.11. The van der Waals surface area contributed by atoms with E-state index < -0.39 is 0 Å². The van der Waals surface area contributed by atoms with Crippen LogP contribution in [0.25, 0.3) is 22.3 Å². The van der Waals surface area contributed by atoms with Gasteiger partial charge in [-0.3, -0.25) is 0 Å². The minimum absolute atomic E-state index is 0.325. The van der Waals surface area contributed by atoms with Gasteiger partial charge >= 0.3 is 0 Å². The molecule has 1 aromatic carbocycles. The third-order valence-corrected chi connectivity index (χ3v) is 4.95. The summed E-state index contributed by atoms with van der Waals surface area (Å²) in [5, 5.41) is 0.586. The fourth-order valence-electron chi connectivity index (χ4n) is 3.41. The van der Waals surface area contributed by atoms with Crippen molar-refractivity contribution in [1.29, 1.82) is 0 Å². The minimum Gasteiger partial charge on any atom is -0.456 e. The summed E-state index contributed by atoms with van der Waals surface area (Å²) in [5.74, 6) is 2.50. The van der Waals surface area contributed by atoms with E-state index in [0.29, 0.717) is 34.0 Å². The molecule has 0 unspecified atom stereocenters. The lowest BCUT2D eigenvalue weighted by Gasteiger charge is -2.27. The van der Waals surface area contributed by atoms with E-state index in [2.05, 4.69) is 24.8 Å². The number of pyridine rings is 2. The number of anilines is 2. The molecule has 1 fully saturated rings. The molecule has 5 rings (SSSR count). The number of rotatable bonds is 4. The molecule has 30 heavy (non-hydrogen) atoms. The Hall–Kier alpha value is -3.78. The van der Waals surface area contributed by atoms with Crippen molar-refractivity contribution in [2.24, 2.45) is 0 Å². The number of morpholine rings is 1. The molecule has 0 saturated carbocycles. The van der Waals surface area contributed by atoms with Crippen LogP contribution in [0.1, 0.15) is 0 Å². The first-order chi connectivity index (χ1) is 14.8. The molecule has 2 N–H and O–H groups in total. The van der Waals surface area contributed by atoms with Crippen LogP contribution in [0.5, 0.6) is 11.5 Å². The predicted octanol–water partition coefficient (Wildman–Crippen LogP) is 3.30. The minimum atomic E-state index is 0.325. The molecule has 8 nitrogen and oxygen atoms in total. The van der Waals surface area contributed by atoms with Crippen LogP contribution in [0.4, 0.5) is 11.6 Å². The van der Waals surface area contributed by atoms with Gasteiger partial charge in [0.1, 0.15) is 34.8 Å². The lowest BCUT2D eigenvalue weighted by atomic mass is 10.1. The second kappa shape index (κ2) is 7.92. The number of hydrogen-bond donors (Lipinski definition) is 1. The van der Waals surface area contributed by atoms with Crippen molar-refractivity contribution in [3.05, 3.63) is 61.1 Å². The Morgan fingerprint density at radius 2 is 1.80 bits per heavy atom. The standard InChI is InChI=1S/C22H20N6O2/c23-21-20-18(30-16-4-2-1-3-5-16)12-17(27-22(20)26-14-25-21)15-6-7-19(24-13-15)28-8-10-29-11-9-28/h1-7,12-14H,8-11H2,(H2,23,25,26,27). The number of fused-ring (bicyclic) bond motifs is 1. The average molecular weight is 400 g/mol. The molecular weight excluding hydrogens is 380 g/mol. The van der Waals surface area contributed by atoms with Gasteiger partial charge < -0.3 is 20.1 Å². The quantitative estimate of drug-likeness (QED) is 0.557. The van der Waals surface area contributed by atoms with E-state index in [1.54, 1.807) is 0 Å². The number of benzene rings is 1. The van der Waals surface area contributed by atoms with Gasteiger partial charge in [-0.15, -0.1) is 0 Å². The molecule has 0 atom stereocenters. The lowest BCUT2D eigenvalue weighted by molar-refractivity contribution is 0.122. The molecule has 3 aromatic heterocycles. The first kappa shape index (κ1) is 18.3. The molecule has 0 spiro atoms. The van der Waals surface area contributed by atoms with Gasteiger partial charge in [0.05, 0.1) is 18.9 Å². The first-order valence-corrected chi connectivity index (χ1v) is 9.71. The van der Waals surface area contributed by atoms with Crippen molar-refractivity contribution in [1.82, 2.24) is 19.9 Å². The number of hydrogen-bond acceptors (Lipinski definition) is 8. The fraction of sp³-hybridized carbons (Fsp3) is 0.182. The van der Waals surface area contributed by atoms with Gasteiger partial charge in [-0.25, -0.2) is 19.9 Å². The molecule has 1 aliphatic rings. The first-order valence-electron chi connectivity index (χ1n) is 9.71. The van der Waals surface area contributed by atoms with Crippen molar-refractivity contribution in [2.45, 2.75) is 0 Å². The molecule has 0 radical (unpaired) electrons. The zero-order valence-electron chi connectivity index (χ0n) is 16.2. The Morgan fingerprint density at radius 1 is 0.967 bits per heavy atom. The van der Waals surface area contributed by atoms with E-state index >= 15 is 0 Å². The van der Waals surface area contributed by atoms with Crippen LogP contribution in [0.15, 0.2) is 61.1 Å². The van der Waals surface area contributed by atoms with Crippen molar-refractivity contribution in [3.63, 3.8) is 0 Å². The van der Waals surface area contributed by atoms with Gasteiger partial charge in [-0.2, -0.15) is 0 Å². The Morgan fingerprint density at radius 3 is 2.57 bits per heavy atom. The number of ether oxygens (including phenoxy) is 2. The van der Waals surface area contributed by atoms with Gasteiger partial charge in [0.25, 0.3) is 0 Å². The number of nitrogen functional groups attached to an aromatic ring is 1. The zero-order chi connectivity index (χ0) is 20.3. The molecule has 4 heterocycles. The van der Waals surface area contributed by atoms with Crippen LogP contribution in [0.2, 0.25) is 0 Å². The predicted molar refractivity (Wildman–Crippen MR) is 115 cm³/mol. The summed E-state index contributed by atoms with van der Waals surface area (Å²) in [6, 6.07) is 15.4. The summed E-state index contributed by atoms with van der Waals surface area (Å²) in [5.41, 5.74) is 8.14. The van der Waals surface area contributed by atoms with Crippen molar-refractivity contribution < 1.29 is 9.47 Å². The molecule has 4 aromatic rings. The van der Waals surface area contributed by atoms with Crippen LogP contribution in [-0.4, -0.2) is 46.2 Å². The van der Waals surface area contributed by atoms with Gasteiger partial charge in [-0.05, 0) is 24.3 Å². The van der Waals surface area contributed by atoms with Crippen molar-refractivity contribution >= 4 is 22.7 Å². The Bertz CT molecular complexity index is 1160. The topological polar surface area (TPSA) is 99.3 Å².